The van der Waals surface area contributed by atoms with Crippen LogP contribution in [0.5, 0.6) is 17.2 Å². The summed E-state index contributed by atoms with van der Waals surface area (Å²) in [6.45, 7) is 0. The number of nitrogens with one attached hydrogen (secondary N) is 1. The second-order valence-electron chi connectivity index (χ2n) is 4.52. The second kappa shape index (κ2) is 6.36. The molecule has 4 heteroatoms. The minimum atomic E-state index is 0.372. The van der Waals surface area contributed by atoms with E-state index in [4.69, 9.17) is 14.2 Å². The van der Waals surface area contributed by atoms with E-state index in [2.05, 4.69) is 17.5 Å². The van der Waals surface area contributed by atoms with E-state index in [1.165, 1.54) is 12.8 Å². The summed E-state index contributed by atoms with van der Waals surface area (Å²) >= 11 is 0. The van der Waals surface area contributed by atoms with E-state index in [0.717, 1.165) is 12.1 Å². The number of ether oxygens (including phenoxy) is 3. The predicted molar refractivity (Wildman–Crippen MR) is 76.5 cm³/mol. The van der Waals surface area contributed by atoms with Crippen LogP contribution in [0.25, 0.3) is 0 Å². The van der Waals surface area contributed by atoms with Crippen molar-refractivity contribution in [3.05, 3.63) is 24.3 Å². The maximum absolute atomic E-state index is 5.35. The van der Waals surface area contributed by atoms with E-state index in [-0.39, 0.29) is 0 Å². The summed E-state index contributed by atoms with van der Waals surface area (Å²) in [6, 6.07) is 4.24. The Balaban J connectivity index is 2.25. The van der Waals surface area contributed by atoms with Crippen LogP contribution < -0.4 is 19.5 Å². The van der Waals surface area contributed by atoms with Crippen LogP contribution in [0, 0.1) is 0 Å². The number of benzene rings is 1. The number of methoxy groups -OCH3 is 3. The average Bonchev–Trinajstić information content (AvgIpc) is 2.47. The van der Waals surface area contributed by atoms with Crippen molar-refractivity contribution in [3.63, 3.8) is 0 Å². The van der Waals surface area contributed by atoms with Crippen LogP contribution in [0.2, 0.25) is 0 Å². The number of hydrogen-bond donors (Lipinski definition) is 1. The number of hydrogen-bond acceptors (Lipinski definition) is 4. The fourth-order valence-corrected chi connectivity index (χ4v) is 2.31. The fraction of sp³-hybridized carbons (Fsp3) is 0.467. The predicted octanol–water partition coefficient (Wildman–Crippen LogP) is 3.23. The highest BCUT2D eigenvalue weighted by atomic mass is 16.5. The molecule has 1 aromatic rings. The van der Waals surface area contributed by atoms with Gasteiger partial charge in [0.15, 0.2) is 11.5 Å². The fourth-order valence-electron chi connectivity index (χ4n) is 2.31. The topological polar surface area (TPSA) is 39.7 Å². The molecule has 2 rings (SSSR count). The summed E-state index contributed by atoms with van der Waals surface area (Å²) in [7, 11) is 4.86. The molecule has 0 heterocycles. The molecule has 0 saturated carbocycles. The van der Waals surface area contributed by atoms with Gasteiger partial charge in [0.05, 0.1) is 21.3 Å². The van der Waals surface area contributed by atoms with Gasteiger partial charge in [-0.25, -0.2) is 0 Å². The first-order valence-electron chi connectivity index (χ1n) is 6.51. The maximum Gasteiger partial charge on any atom is 0.203 e. The van der Waals surface area contributed by atoms with Crippen molar-refractivity contribution in [2.75, 3.05) is 26.6 Å². The third kappa shape index (κ3) is 3.13. The van der Waals surface area contributed by atoms with Crippen molar-refractivity contribution >= 4 is 5.69 Å². The molecule has 0 aromatic heterocycles. The van der Waals surface area contributed by atoms with Crippen molar-refractivity contribution in [2.24, 2.45) is 0 Å². The average molecular weight is 263 g/mol. The highest BCUT2D eigenvalue weighted by molar-refractivity contribution is 5.63. The van der Waals surface area contributed by atoms with Gasteiger partial charge < -0.3 is 19.5 Å². The van der Waals surface area contributed by atoms with Gasteiger partial charge in [-0.05, 0) is 19.3 Å². The summed E-state index contributed by atoms with van der Waals surface area (Å²) in [6.07, 6.45) is 7.98. The standard InChI is InChI=1S/C15H21NO3/c1-17-13-9-12(10-14(18-2)15(13)19-3)16-11-7-5-4-6-8-11/h5,7,9-11,16H,4,6,8H2,1-3H3. The van der Waals surface area contributed by atoms with Gasteiger partial charge in [-0.3, -0.25) is 0 Å². The Hall–Kier alpha value is -1.84. The second-order valence-corrected chi connectivity index (χ2v) is 4.52. The van der Waals surface area contributed by atoms with Crippen molar-refractivity contribution in [1.29, 1.82) is 0 Å². The van der Waals surface area contributed by atoms with Gasteiger partial charge in [0.2, 0.25) is 5.75 Å². The summed E-state index contributed by atoms with van der Waals surface area (Å²) < 4.78 is 16.0. The monoisotopic (exact) mass is 263 g/mol. The molecule has 1 atom stereocenters. The van der Waals surface area contributed by atoms with Gasteiger partial charge in [-0.1, -0.05) is 12.2 Å². The zero-order valence-corrected chi connectivity index (χ0v) is 11.7. The Morgan fingerprint density at radius 1 is 1.05 bits per heavy atom. The van der Waals surface area contributed by atoms with Crippen LogP contribution >= 0.6 is 0 Å². The molecule has 0 saturated heterocycles. The van der Waals surface area contributed by atoms with Crippen LogP contribution in [0.15, 0.2) is 24.3 Å². The molecular weight excluding hydrogens is 242 g/mol. The van der Waals surface area contributed by atoms with E-state index in [9.17, 15) is 0 Å². The van der Waals surface area contributed by atoms with E-state index < -0.39 is 0 Å². The lowest BCUT2D eigenvalue weighted by atomic mass is 10.0. The largest absolute Gasteiger partial charge is 0.493 e. The zero-order chi connectivity index (χ0) is 13.7. The number of anilines is 1. The van der Waals surface area contributed by atoms with Crippen molar-refractivity contribution in [1.82, 2.24) is 0 Å². The maximum atomic E-state index is 5.35. The van der Waals surface area contributed by atoms with Gasteiger partial charge in [0.1, 0.15) is 0 Å². The number of allylic oxidation sites excluding steroid dienone is 1. The molecule has 4 nitrogen and oxygen atoms in total. The van der Waals surface area contributed by atoms with Crippen LogP contribution in [-0.4, -0.2) is 27.4 Å². The molecule has 0 amide bonds. The Morgan fingerprint density at radius 2 is 1.74 bits per heavy atom. The Morgan fingerprint density at radius 3 is 2.21 bits per heavy atom. The SMILES string of the molecule is COc1cc(NC2C=CCCC2)cc(OC)c1OC. The summed E-state index contributed by atoms with van der Waals surface area (Å²) in [5.74, 6) is 1.96. The van der Waals surface area contributed by atoms with E-state index in [1.54, 1.807) is 21.3 Å². The van der Waals surface area contributed by atoms with Crippen LogP contribution in [0.3, 0.4) is 0 Å². The molecule has 0 fully saturated rings. The smallest absolute Gasteiger partial charge is 0.203 e. The highest BCUT2D eigenvalue weighted by Crippen LogP contribution is 2.40. The molecule has 0 radical (unpaired) electrons. The van der Waals surface area contributed by atoms with Gasteiger partial charge in [-0.15, -0.1) is 0 Å². The first-order valence-corrected chi connectivity index (χ1v) is 6.51. The number of rotatable bonds is 5. The van der Waals surface area contributed by atoms with Gasteiger partial charge >= 0.3 is 0 Å². The third-order valence-corrected chi connectivity index (χ3v) is 3.27. The molecule has 19 heavy (non-hydrogen) atoms. The molecule has 1 aliphatic carbocycles. The highest BCUT2D eigenvalue weighted by Gasteiger charge is 2.15. The molecule has 0 spiro atoms. The van der Waals surface area contributed by atoms with Crippen LogP contribution in [0.1, 0.15) is 19.3 Å². The quantitative estimate of drug-likeness (QED) is 0.828. The molecule has 104 valence electrons. The Bertz CT molecular complexity index is 432. The molecule has 1 unspecified atom stereocenters. The minimum absolute atomic E-state index is 0.372. The van der Waals surface area contributed by atoms with Crippen molar-refractivity contribution < 1.29 is 14.2 Å². The molecule has 0 bridgehead atoms. The van der Waals surface area contributed by atoms with Gasteiger partial charge in [-0.2, -0.15) is 0 Å². The van der Waals surface area contributed by atoms with E-state index >= 15 is 0 Å². The Labute approximate surface area is 114 Å². The Kier molecular flexibility index (Phi) is 4.55. The van der Waals surface area contributed by atoms with E-state index in [0.29, 0.717) is 23.3 Å². The summed E-state index contributed by atoms with van der Waals surface area (Å²) in [4.78, 5) is 0. The molecule has 1 aliphatic rings. The lowest BCUT2D eigenvalue weighted by Gasteiger charge is -2.21. The third-order valence-electron chi connectivity index (χ3n) is 3.27. The molecule has 1 aromatic carbocycles. The minimum Gasteiger partial charge on any atom is -0.493 e. The first-order chi connectivity index (χ1) is 9.28. The van der Waals surface area contributed by atoms with Gasteiger partial charge in [0, 0.05) is 23.9 Å². The molecule has 1 N–H and O–H groups in total. The summed E-state index contributed by atoms with van der Waals surface area (Å²) in [5.41, 5.74) is 0.978. The normalized spacial score (nSPS) is 17.9. The van der Waals surface area contributed by atoms with Crippen LogP contribution in [-0.2, 0) is 0 Å². The van der Waals surface area contributed by atoms with Crippen LogP contribution in [0.4, 0.5) is 5.69 Å². The first kappa shape index (κ1) is 13.6. The lowest BCUT2D eigenvalue weighted by molar-refractivity contribution is 0.324. The molecule has 0 aliphatic heterocycles. The van der Waals surface area contributed by atoms with Crippen molar-refractivity contribution in [3.8, 4) is 17.2 Å². The van der Waals surface area contributed by atoms with E-state index in [1.807, 2.05) is 12.1 Å². The summed E-state index contributed by atoms with van der Waals surface area (Å²) in [5, 5.41) is 3.48. The van der Waals surface area contributed by atoms with Gasteiger partial charge in [0.25, 0.3) is 0 Å². The van der Waals surface area contributed by atoms with Crippen molar-refractivity contribution in [2.45, 2.75) is 25.3 Å². The zero-order valence-electron chi connectivity index (χ0n) is 11.7. The molecular formula is C15H21NO3. The lowest BCUT2D eigenvalue weighted by Crippen LogP contribution is -2.18.